The second-order valence-corrected chi connectivity index (χ2v) is 6.36. The first-order valence-corrected chi connectivity index (χ1v) is 8.52. The molecule has 120 valence electrons. The standard InChI is InChI=1S/C19H32O2/c1-4-5-6-7-8-9-10-13-16-19(3,21-20)18-15-12-11-14-17(18)2/h11-12,14-15,20H,4-10,13,16H2,1-3H3. The topological polar surface area (TPSA) is 29.5 Å². The fourth-order valence-corrected chi connectivity index (χ4v) is 2.99. The Morgan fingerprint density at radius 3 is 2.10 bits per heavy atom. The summed E-state index contributed by atoms with van der Waals surface area (Å²) in [7, 11) is 0. The van der Waals surface area contributed by atoms with E-state index in [1.807, 2.05) is 19.1 Å². The Morgan fingerprint density at radius 2 is 1.52 bits per heavy atom. The van der Waals surface area contributed by atoms with Gasteiger partial charge < -0.3 is 0 Å². The largest absolute Gasteiger partial charge is 0.251 e. The highest BCUT2D eigenvalue weighted by molar-refractivity contribution is 5.30. The molecule has 0 bridgehead atoms. The van der Waals surface area contributed by atoms with Gasteiger partial charge in [0.1, 0.15) is 5.60 Å². The normalized spacial score (nSPS) is 14.1. The predicted molar refractivity (Wildman–Crippen MR) is 89.5 cm³/mol. The van der Waals surface area contributed by atoms with Gasteiger partial charge in [-0.25, -0.2) is 4.89 Å². The van der Waals surface area contributed by atoms with Gasteiger partial charge in [-0.1, -0.05) is 82.6 Å². The first-order chi connectivity index (χ1) is 10.1. The number of benzene rings is 1. The molecule has 0 amide bonds. The minimum absolute atomic E-state index is 0.576. The lowest BCUT2D eigenvalue weighted by Crippen LogP contribution is -2.25. The Bertz CT molecular complexity index is 389. The molecule has 0 aromatic heterocycles. The van der Waals surface area contributed by atoms with Crippen molar-refractivity contribution in [3.63, 3.8) is 0 Å². The number of rotatable bonds is 11. The molecule has 2 heteroatoms. The summed E-state index contributed by atoms with van der Waals surface area (Å²) in [5.74, 6) is 0. The van der Waals surface area contributed by atoms with Crippen LogP contribution in [0.4, 0.5) is 0 Å². The first-order valence-electron chi connectivity index (χ1n) is 8.52. The van der Waals surface area contributed by atoms with Crippen LogP contribution in [0.15, 0.2) is 24.3 Å². The molecule has 2 nitrogen and oxygen atoms in total. The van der Waals surface area contributed by atoms with Crippen molar-refractivity contribution in [3.05, 3.63) is 35.4 Å². The van der Waals surface area contributed by atoms with Crippen LogP contribution in [0.3, 0.4) is 0 Å². The molecule has 1 rings (SSSR count). The lowest BCUT2D eigenvalue weighted by molar-refractivity contribution is -0.326. The van der Waals surface area contributed by atoms with Crippen molar-refractivity contribution < 1.29 is 10.1 Å². The van der Waals surface area contributed by atoms with E-state index in [0.717, 1.165) is 18.4 Å². The van der Waals surface area contributed by atoms with Crippen LogP contribution in [-0.2, 0) is 10.5 Å². The second kappa shape index (κ2) is 9.97. The van der Waals surface area contributed by atoms with Crippen molar-refractivity contribution in [1.29, 1.82) is 0 Å². The monoisotopic (exact) mass is 292 g/mol. The van der Waals surface area contributed by atoms with Gasteiger partial charge in [0.25, 0.3) is 0 Å². The summed E-state index contributed by atoms with van der Waals surface area (Å²) < 4.78 is 0. The molecule has 1 aromatic carbocycles. The van der Waals surface area contributed by atoms with Gasteiger partial charge in [0, 0.05) is 0 Å². The van der Waals surface area contributed by atoms with Crippen LogP contribution in [-0.4, -0.2) is 5.26 Å². The minimum atomic E-state index is -0.576. The average molecular weight is 292 g/mol. The Morgan fingerprint density at radius 1 is 0.952 bits per heavy atom. The molecule has 1 aromatic rings. The summed E-state index contributed by atoms with van der Waals surface area (Å²) in [6.45, 7) is 6.30. The second-order valence-electron chi connectivity index (χ2n) is 6.36. The third-order valence-corrected chi connectivity index (χ3v) is 4.42. The zero-order valence-corrected chi connectivity index (χ0v) is 14.0. The van der Waals surface area contributed by atoms with Gasteiger partial charge >= 0.3 is 0 Å². The van der Waals surface area contributed by atoms with Gasteiger partial charge in [0.2, 0.25) is 0 Å². The number of unbranched alkanes of at least 4 members (excludes halogenated alkanes) is 7. The summed E-state index contributed by atoms with van der Waals surface area (Å²) in [6.07, 6.45) is 11.2. The molecule has 0 aliphatic heterocycles. The third-order valence-electron chi connectivity index (χ3n) is 4.42. The van der Waals surface area contributed by atoms with E-state index in [1.165, 1.54) is 50.5 Å². The van der Waals surface area contributed by atoms with E-state index in [9.17, 15) is 5.26 Å². The molecule has 1 atom stereocenters. The zero-order valence-electron chi connectivity index (χ0n) is 14.0. The molecular formula is C19H32O2. The average Bonchev–Trinajstić information content (AvgIpc) is 2.50. The Kier molecular flexibility index (Phi) is 8.63. The first kappa shape index (κ1) is 18.2. The van der Waals surface area contributed by atoms with E-state index in [4.69, 9.17) is 4.89 Å². The van der Waals surface area contributed by atoms with E-state index in [1.54, 1.807) is 0 Å². The van der Waals surface area contributed by atoms with Crippen molar-refractivity contribution in [3.8, 4) is 0 Å². The molecule has 1 unspecified atom stereocenters. The van der Waals surface area contributed by atoms with Crippen LogP contribution < -0.4 is 0 Å². The zero-order chi connectivity index (χ0) is 15.6. The highest BCUT2D eigenvalue weighted by atomic mass is 17.1. The Balaban J connectivity index is 2.32. The molecule has 0 saturated carbocycles. The smallest absolute Gasteiger partial charge is 0.126 e. The Labute approximate surface area is 130 Å². The summed E-state index contributed by atoms with van der Waals surface area (Å²) in [5.41, 5.74) is 1.69. The molecule has 0 aliphatic rings. The summed E-state index contributed by atoms with van der Waals surface area (Å²) in [5, 5.41) is 9.36. The van der Waals surface area contributed by atoms with Crippen LogP contribution >= 0.6 is 0 Å². The van der Waals surface area contributed by atoms with Crippen molar-refractivity contribution in [1.82, 2.24) is 0 Å². The van der Waals surface area contributed by atoms with Crippen LogP contribution in [0.2, 0.25) is 0 Å². The molecule has 0 fully saturated rings. The molecule has 0 aliphatic carbocycles. The summed E-state index contributed by atoms with van der Waals surface area (Å²) >= 11 is 0. The molecule has 1 N–H and O–H groups in total. The van der Waals surface area contributed by atoms with Crippen molar-refractivity contribution in [2.75, 3.05) is 0 Å². The SMILES string of the molecule is CCCCCCCCCCC(C)(OO)c1ccccc1C. The number of hydrogen-bond acceptors (Lipinski definition) is 2. The van der Waals surface area contributed by atoms with Crippen molar-refractivity contribution >= 4 is 0 Å². The van der Waals surface area contributed by atoms with E-state index in [-0.39, 0.29) is 0 Å². The maximum atomic E-state index is 9.36. The van der Waals surface area contributed by atoms with Crippen LogP contribution in [0.5, 0.6) is 0 Å². The van der Waals surface area contributed by atoms with Gasteiger partial charge in [-0.15, -0.1) is 0 Å². The lowest BCUT2D eigenvalue weighted by atomic mass is 9.87. The molecule has 0 saturated heterocycles. The summed E-state index contributed by atoms with van der Waals surface area (Å²) in [4.78, 5) is 4.86. The van der Waals surface area contributed by atoms with E-state index >= 15 is 0 Å². The van der Waals surface area contributed by atoms with Crippen molar-refractivity contribution in [2.45, 2.75) is 84.2 Å². The quantitative estimate of drug-likeness (QED) is 0.297. The summed E-state index contributed by atoms with van der Waals surface area (Å²) in [6, 6.07) is 8.15. The highest BCUT2D eigenvalue weighted by Crippen LogP contribution is 2.32. The van der Waals surface area contributed by atoms with E-state index in [0.29, 0.717) is 0 Å². The fourth-order valence-electron chi connectivity index (χ4n) is 2.99. The Hall–Kier alpha value is -0.860. The maximum absolute atomic E-state index is 9.36. The predicted octanol–water partition coefficient (Wildman–Crippen LogP) is 6.23. The lowest BCUT2D eigenvalue weighted by Gasteiger charge is -2.28. The van der Waals surface area contributed by atoms with E-state index < -0.39 is 5.60 Å². The van der Waals surface area contributed by atoms with E-state index in [2.05, 4.69) is 26.0 Å². The minimum Gasteiger partial charge on any atom is -0.251 e. The van der Waals surface area contributed by atoms with Gasteiger partial charge in [0.05, 0.1) is 0 Å². The molecule has 21 heavy (non-hydrogen) atoms. The van der Waals surface area contributed by atoms with Crippen LogP contribution in [0, 0.1) is 6.92 Å². The molecule has 0 radical (unpaired) electrons. The maximum Gasteiger partial charge on any atom is 0.126 e. The fraction of sp³-hybridized carbons (Fsp3) is 0.684. The molecular weight excluding hydrogens is 260 g/mol. The van der Waals surface area contributed by atoms with Crippen LogP contribution in [0.25, 0.3) is 0 Å². The third kappa shape index (κ3) is 6.19. The van der Waals surface area contributed by atoms with Gasteiger partial charge in [0.15, 0.2) is 0 Å². The highest BCUT2D eigenvalue weighted by Gasteiger charge is 2.28. The number of aryl methyl sites for hydroxylation is 1. The number of hydrogen-bond donors (Lipinski definition) is 1. The van der Waals surface area contributed by atoms with Gasteiger partial charge in [-0.3, -0.25) is 5.26 Å². The van der Waals surface area contributed by atoms with Gasteiger partial charge in [-0.2, -0.15) is 0 Å². The van der Waals surface area contributed by atoms with Crippen molar-refractivity contribution in [2.24, 2.45) is 0 Å². The van der Waals surface area contributed by atoms with Gasteiger partial charge in [-0.05, 0) is 31.4 Å². The van der Waals surface area contributed by atoms with Crippen LogP contribution in [0.1, 0.15) is 82.8 Å². The molecule has 0 spiro atoms. The molecule has 0 heterocycles.